The van der Waals surface area contributed by atoms with E-state index in [0.717, 1.165) is 11.3 Å². The van der Waals surface area contributed by atoms with Crippen molar-refractivity contribution >= 4 is 35.0 Å². The van der Waals surface area contributed by atoms with Gasteiger partial charge >= 0.3 is 6.03 Å². The van der Waals surface area contributed by atoms with Crippen LogP contribution in [0.4, 0.5) is 16.3 Å². The van der Waals surface area contributed by atoms with Gasteiger partial charge in [-0.05, 0) is 55.0 Å². The summed E-state index contributed by atoms with van der Waals surface area (Å²) in [6.45, 7) is 2.24. The third-order valence-corrected chi connectivity index (χ3v) is 5.83. The number of hydrogen-bond donors (Lipinski definition) is 2. The molecule has 0 fully saturated rings. The van der Waals surface area contributed by atoms with Crippen LogP contribution in [0.5, 0.6) is 5.75 Å². The Labute approximate surface area is 220 Å². The molecule has 0 saturated heterocycles. The number of methoxy groups -OCH3 is 1. The monoisotopic (exact) mass is 517 g/mol. The Bertz CT molecular complexity index is 1340. The van der Waals surface area contributed by atoms with E-state index >= 15 is 0 Å². The van der Waals surface area contributed by atoms with Gasteiger partial charge in [0.1, 0.15) is 18.1 Å². The molecule has 3 amide bonds. The summed E-state index contributed by atoms with van der Waals surface area (Å²) in [7, 11) is 1.60. The molecule has 37 heavy (non-hydrogen) atoms. The quantitative estimate of drug-likeness (QED) is 0.281. The maximum atomic E-state index is 13.1. The number of halogens is 1. The minimum Gasteiger partial charge on any atom is -0.497 e. The zero-order valence-electron chi connectivity index (χ0n) is 20.6. The SMILES string of the molecule is CCCN(CC(=O)Nc1cc(-c2ccccc2)nn1-c1ccc(OC)cc1)C(=O)Nc1ccc(Cl)cc1. The van der Waals surface area contributed by atoms with Crippen LogP contribution in [0.3, 0.4) is 0 Å². The second kappa shape index (κ2) is 12.1. The van der Waals surface area contributed by atoms with Crippen LogP contribution in [-0.2, 0) is 4.79 Å². The molecule has 0 spiro atoms. The third kappa shape index (κ3) is 6.68. The van der Waals surface area contributed by atoms with Gasteiger partial charge in [-0.25, -0.2) is 9.48 Å². The fourth-order valence-corrected chi connectivity index (χ4v) is 3.88. The normalized spacial score (nSPS) is 10.6. The fourth-order valence-electron chi connectivity index (χ4n) is 3.75. The van der Waals surface area contributed by atoms with Gasteiger partial charge in [0.25, 0.3) is 0 Å². The van der Waals surface area contributed by atoms with Crippen molar-refractivity contribution in [3.8, 4) is 22.7 Å². The summed E-state index contributed by atoms with van der Waals surface area (Å²) in [6.07, 6.45) is 0.698. The Morgan fingerprint density at radius 1 is 0.973 bits per heavy atom. The lowest BCUT2D eigenvalue weighted by molar-refractivity contribution is -0.116. The number of benzene rings is 3. The van der Waals surface area contributed by atoms with Gasteiger partial charge in [0.15, 0.2) is 0 Å². The van der Waals surface area contributed by atoms with E-state index in [4.69, 9.17) is 21.4 Å². The number of anilines is 2. The van der Waals surface area contributed by atoms with Gasteiger partial charge in [-0.3, -0.25) is 4.79 Å². The van der Waals surface area contributed by atoms with Crippen molar-refractivity contribution < 1.29 is 14.3 Å². The largest absolute Gasteiger partial charge is 0.497 e. The lowest BCUT2D eigenvalue weighted by Crippen LogP contribution is -2.41. The minimum atomic E-state index is -0.368. The molecule has 1 aromatic heterocycles. The summed E-state index contributed by atoms with van der Waals surface area (Å²) in [5.74, 6) is 0.865. The van der Waals surface area contributed by atoms with E-state index in [1.54, 1.807) is 36.1 Å². The zero-order valence-corrected chi connectivity index (χ0v) is 21.4. The maximum Gasteiger partial charge on any atom is 0.322 e. The molecule has 3 aromatic carbocycles. The molecule has 0 radical (unpaired) electrons. The van der Waals surface area contributed by atoms with Crippen molar-refractivity contribution in [3.05, 3.63) is 90.0 Å². The van der Waals surface area contributed by atoms with Gasteiger partial charge in [-0.1, -0.05) is 48.9 Å². The maximum absolute atomic E-state index is 13.1. The van der Waals surface area contributed by atoms with Gasteiger partial charge < -0.3 is 20.3 Å². The number of urea groups is 1. The first-order valence-corrected chi connectivity index (χ1v) is 12.3. The number of aromatic nitrogens is 2. The molecule has 190 valence electrons. The molecule has 4 rings (SSSR count). The molecule has 8 nitrogen and oxygen atoms in total. The lowest BCUT2D eigenvalue weighted by Gasteiger charge is -2.22. The Kier molecular flexibility index (Phi) is 8.43. The average molecular weight is 518 g/mol. The van der Waals surface area contributed by atoms with Crippen LogP contribution < -0.4 is 15.4 Å². The van der Waals surface area contributed by atoms with E-state index in [1.165, 1.54) is 4.90 Å². The van der Waals surface area contributed by atoms with Gasteiger partial charge in [0.2, 0.25) is 5.91 Å². The number of carbonyl (C=O) groups excluding carboxylic acids is 2. The third-order valence-electron chi connectivity index (χ3n) is 5.57. The second-order valence-corrected chi connectivity index (χ2v) is 8.73. The Morgan fingerprint density at radius 2 is 1.68 bits per heavy atom. The molecule has 2 N–H and O–H groups in total. The van der Waals surface area contributed by atoms with Crippen LogP contribution >= 0.6 is 11.6 Å². The first-order valence-electron chi connectivity index (χ1n) is 11.9. The van der Waals surface area contributed by atoms with Gasteiger partial charge in [-0.15, -0.1) is 0 Å². The molecule has 0 saturated carbocycles. The summed E-state index contributed by atoms with van der Waals surface area (Å²) in [5.41, 5.74) is 2.97. The summed E-state index contributed by atoms with van der Waals surface area (Å²) >= 11 is 5.93. The molecule has 0 bridgehead atoms. The highest BCUT2D eigenvalue weighted by atomic mass is 35.5. The number of hydrogen-bond acceptors (Lipinski definition) is 4. The van der Waals surface area contributed by atoms with Crippen molar-refractivity contribution in [3.63, 3.8) is 0 Å². The van der Waals surface area contributed by atoms with E-state index in [1.807, 2.05) is 67.6 Å². The first-order chi connectivity index (χ1) is 18.0. The number of carbonyl (C=O) groups is 2. The summed E-state index contributed by atoms with van der Waals surface area (Å²) in [6, 6.07) is 25.3. The number of nitrogens with zero attached hydrogens (tertiary/aromatic N) is 3. The molecule has 0 aliphatic heterocycles. The minimum absolute atomic E-state index is 0.123. The summed E-state index contributed by atoms with van der Waals surface area (Å²) in [5, 5.41) is 11.1. The molecule has 0 aliphatic rings. The van der Waals surface area contributed by atoms with Crippen LogP contribution in [0.1, 0.15) is 13.3 Å². The number of ether oxygens (including phenoxy) is 1. The van der Waals surface area contributed by atoms with E-state index < -0.39 is 0 Å². The molecule has 9 heteroatoms. The summed E-state index contributed by atoms with van der Waals surface area (Å²) < 4.78 is 6.93. The number of nitrogens with one attached hydrogen (secondary N) is 2. The molecule has 0 unspecified atom stereocenters. The topological polar surface area (TPSA) is 88.5 Å². The predicted octanol–water partition coefficient (Wildman–Crippen LogP) is 6.08. The molecule has 4 aromatic rings. The van der Waals surface area contributed by atoms with Gasteiger partial charge in [0.05, 0.1) is 18.5 Å². The highest BCUT2D eigenvalue weighted by Gasteiger charge is 2.19. The van der Waals surface area contributed by atoms with Crippen molar-refractivity contribution in [2.45, 2.75) is 13.3 Å². The highest BCUT2D eigenvalue weighted by molar-refractivity contribution is 6.30. The second-order valence-electron chi connectivity index (χ2n) is 8.30. The Balaban J connectivity index is 1.55. The lowest BCUT2D eigenvalue weighted by atomic mass is 10.1. The van der Waals surface area contributed by atoms with Crippen molar-refractivity contribution in [2.24, 2.45) is 0 Å². The van der Waals surface area contributed by atoms with Crippen LogP contribution in [0, 0.1) is 0 Å². The van der Waals surface area contributed by atoms with Crippen LogP contribution in [-0.4, -0.2) is 46.8 Å². The Hall–Kier alpha value is -4.30. The van der Waals surface area contributed by atoms with E-state index in [0.29, 0.717) is 40.9 Å². The van der Waals surface area contributed by atoms with Crippen LogP contribution in [0.15, 0.2) is 84.9 Å². The molecule has 0 atom stereocenters. The standard InChI is InChI=1S/C28H28ClN5O3/c1-3-17-33(28(36)30-22-11-9-21(29)10-12-22)19-27(35)31-26-18-25(20-7-5-4-6-8-20)32-34(26)23-13-15-24(37-2)16-14-23/h4-16,18H,3,17,19H2,1-2H3,(H,30,36)(H,31,35). The van der Waals surface area contributed by atoms with Crippen molar-refractivity contribution in [1.29, 1.82) is 0 Å². The van der Waals surface area contributed by atoms with Gasteiger partial charge in [0, 0.05) is 28.9 Å². The van der Waals surface area contributed by atoms with Crippen LogP contribution in [0.2, 0.25) is 5.02 Å². The van der Waals surface area contributed by atoms with Crippen LogP contribution in [0.25, 0.3) is 16.9 Å². The average Bonchev–Trinajstić information content (AvgIpc) is 3.33. The first kappa shape index (κ1) is 25.8. The molecule has 1 heterocycles. The number of rotatable bonds is 9. The predicted molar refractivity (Wildman–Crippen MR) is 147 cm³/mol. The van der Waals surface area contributed by atoms with E-state index in [2.05, 4.69) is 10.6 Å². The van der Waals surface area contributed by atoms with Crippen molar-refractivity contribution in [1.82, 2.24) is 14.7 Å². The smallest absolute Gasteiger partial charge is 0.322 e. The highest BCUT2D eigenvalue weighted by Crippen LogP contribution is 2.26. The summed E-state index contributed by atoms with van der Waals surface area (Å²) in [4.78, 5) is 27.5. The zero-order chi connectivity index (χ0) is 26.2. The van der Waals surface area contributed by atoms with E-state index in [9.17, 15) is 9.59 Å². The molecular weight excluding hydrogens is 490 g/mol. The Morgan fingerprint density at radius 3 is 2.32 bits per heavy atom. The number of amides is 3. The van der Waals surface area contributed by atoms with Gasteiger partial charge in [-0.2, -0.15) is 5.10 Å². The van der Waals surface area contributed by atoms with Crippen molar-refractivity contribution in [2.75, 3.05) is 30.8 Å². The fraction of sp³-hybridized carbons (Fsp3) is 0.179. The molecule has 0 aliphatic carbocycles. The molecular formula is C28H28ClN5O3. The van der Waals surface area contributed by atoms with E-state index in [-0.39, 0.29) is 18.5 Å².